The van der Waals surface area contributed by atoms with Gasteiger partial charge in [0.25, 0.3) is 0 Å². The zero-order valence-electron chi connectivity index (χ0n) is 7.83. The van der Waals surface area contributed by atoms with Crippen molar-refractivity contribution in [3.63, 3.8) is 0 Å². The molecule has 0 saturated carbocycles. The Labute approximate surface area is 78.5 Å². The molecule has 0 heterocycles. The third-order valence-corrected chi connectivity index (χ3v) is 1.48. The highest BCUT2D eigenvalue weighted by atomic mass is 16.5. The van der Waals surface area contributed by atoms with E-state index in [4.69, 9.17) is 9.47 Å². The molecule has 0 fully saturated rings. The van der Waals surface area contributed by atoms with Gasteiger partial charge in [-0.05, 0) is 31.0 Å². The first-order valence-electron chi connectivity index (χ1n) is 4.13. The number of hydrogen-bond acceptors (Lipinski definition) is 2. The highest BCUT2D eigenvalue weighted by Crippen LogP contribution is 2.10. The van der Waals surface area contributed by atoms with Gasteiger partial charge in [-0.15, -0.1) is 0 Å². The molecule has 0 atom stereocenters. The van der Waals surface area contributed by atoms with Crippen LogP contribution in [-0.2, 0) is 4.74 Å². The maximum Gasteiger partial charge on any atom is 0.120 e. The zero-order valence-corrected chi connectivity index (χ0v) is 7.83. The summed E-state index contributed by atoms with van der Waals surface area (Å²) < 4.78 is 9.96. The Kier molecular flexibility index (Phi) is 3.72. The van der Waals surface area contributed by atoms with Gasteiger partial charge >= 0.3 is 0 Å². The first-order valence-corrected chi connectivity index (χ1v) is 4.13. The van der Waals surface area contributed by atoms with Gasteiger partial charge in [-0.1, -0.05) is 6.07 Å². The van der Waals surface area contributed by atoms with Gasteiger partial charge in [0.2, 0.25) is 0 Å². The smallest absolute Gasteiger partial charge is 0.120 e. The van der Waals surface area contributed by atoms with Crippen LogP contribution in [0.3, 0.4) is 0 Å². The van der Waals surface area contributed by atoms with Gasteiger partial charge < -0.3 is 9.47 Å². The minimum atomic E-state index is 0.608. The molecule has 0 aliphatic rings. The molecule has 1 aromatic carbocycles. The molecule has 13 heavy (non-hydrogen) atoms. The van der Waals surface area contributed by atoms with E-state index in [1.807, 2.05) is 31.2 Å². The Morgan fingerprint density at radius 2 is 2.23 bits per heavy atom. The largest absolute Gasteiger partial charge is 0.497 e. The summed E-state index contributed by atoms with van der Waals surface area (Å²) in [5, 5.41) is 0. The van der Waals surface area contributed by atoms with Crippen LogP contribution in [0, 0.1) is 12.0 Å². The Morgan fingerprint density at radius 3 is 2.92 bits per heavy atom. The second-order valence-electron chi connectivity index (χ2n) is 2.39. The zero-order chi connectivity index (χ0) is 9.52. The molecule has 0 saturated heterocycles. The molecule has 0 amide bonds. The van der Waals surface area contributed by atoms with Crippen LogP contribution >= 0.6 is 0 Å². The minimum absolute atomic E-state index is 0.608. The lowest BCUT2D eigenvalue weighted by Crippen LogP contribution is -1.83. The summed E-state index contributed by atoms with van der Waals surface area (Å²) in [4.78, 5) is 0. The summed E-state index contributed by atoms with van der Waals surface area (Å²) in [6.07, 6.45) is 2.60. The lowest BCUT2D eigenvalue weighted by molar-refractivity contribution is 0.299. The third kappa shape index (κ3) is 3.08. The van der Waals surface area contributed by atoms with Gasteiger partial charge in [-0.25, -0.2) is 0 Å². The van der Waals surface area contributed by atoms with Crippen molar-refractivity contribution in [2.24, 2.45) is 0 Å². The predicted molar refractivity (Wildman–Crippen MR) is 51.5 cm³/mol. The molecule has 0 N–H and O–H groups in total. The summed E-state index contributed by atoms with van der Waals surface area (Å²) in [5.41, 5.74) is 0.896. The SMILES string of the molecule is CCOC#Cc1cccc(OC)c1. The van der Waals surface area contributed by atoms with Crippen molar-refractivity contribution in [3.05, 3.63) is 29.8 Å². The van der Waals surface area contributed by atoms with Crippen LogP contribution in [0.5, 0.6) is 5.75 Å². The van der Waals surface area contributed by atoms with Gasteiger partial charge in [-0.2, -0.15) is 0 Å². The number of hydrogen-bond donors (Lipinski definition) is 0. The molecule has 68 valence electrons. The maximum absolute atomic E-state index is 5.05. The van der Waals surface area contributed by atoms with Crippen molar-refractivity contribution in [2.75, 3.05) is 13.7 Å². The Morgan fingerprint density at radius 1 is 1.38 bits per heavy atom. The van der Waals surface area contributed by atoms with Gasteiger partial charge in [0.15, 0.2) is 0 Å². The van der Waals surface area contributed by atoms with Crippen LogP contribution in [0.25, 0.3) is 0 Å². The number of methoxy groups -OCH3 is 1. The van der Waals surface area contributed by atoms with Crippen LogP contribution in [-0.4, -0.2) is 13.7 Å². The molecule has 0 aliphatic heterocycles. The average Bonchev–Trinajstić information content (AvgIpc) is 2.19. The van der Waals surface area contributed by atoms with Crippen molar-refractivity contribution in [1.82, 2.24) is 0 Å². The van der Waals surface area contributed by atoms with Crippen LogP contribution in [0.15, 0.2) is 24.3 Å². The summed E-state index contributed by atoms with van der Waals surface area (Å²) in [6, 6.07) is 7.56. The summed E-state index contributed by atoms with van der Waals surface area (Å²) in [6.45, 7) is 2.51. The van der Waals surface area contributed by atoms with Gasteiger partial charge in [-0.3, -0.25) is 0 Å². The quantitative estimate of drug-likeness (QED) is 0.642. The fraction of sp³-hybridized carbons (Fsp3) is 0.273. The minimum Gasteiger partial charge on any atom is -0.497 e. The molecule has 2 heteroatoms. The van der Waals surface area contributed by atoms with Crippen molar-refractivity contribution >= 4 is 0 Å². The molecular formula is C11H12O2. The van der Waals surface area contributed by atoms with Crippen molar-refractivity contribution in [2.45, 2.75) is 6.92 Å². The first kappa shape index (κ1) is 9.47. The molecule has 0 unspecified atom stereocenters. The van der Waals surface area contributed by atoms with E-state index < -0.39 is 0 Å². The average molecular weight is 176 g/mol. The second kappa shape index (κ2) is 5.10. The Hall–Kier alpha value is -1.62. The lowest BCUT2D eigenvalue weighted by Gasteiger charge is -1.97. The Bertz CT molecular complexity index is 320. The van der Waals surface area contributed by atoms with Crippen LogP contribution in [0.2, 0.25) is 0 Å². The lowest BCUT2D eigenvalue weighted by atomic mass is 10.2. The molecular weight excluding hydrogens is 164 g/mol. The predicted octanol–water partition coefficient (Wildman–Crippen LogP) is 2.04. The van der Waals surface area contributed by atoms with E-state index in [0.717, 1.165) is 11.3 Å². The van der Waals surface area contributed by atoms with Crippen LogP contribution in [0.4, 0.5) is 0 Å². The van der Waals surface area contributed by atoms with Gasteiger partial charge in [0.1, 0.15) is 11.9 Å². The highest BCUT2D eigenvalue weighted by Gasteiger charge is 1.90. The summed E-state index contributed by atoms with van der Waals surface area (Å²) >= 11 is 0. The van der Waals surface area contributed by atoms with E-state index in [2.05, 4.69) is 12.0 Å². The maximum atomic E-state index is 5.05. The molecule has 0 bridgehead atoms. The van der Waals surface area contributed by atoms with Gasteiger partial charge in [0.05, 0.1) is 13.7 Å². The summed E-state index contributed by atoms with van der Waals surface area (Å²) in [7, 11) is 1.63. The number of benzene rings is 1. The topological polar surface area (TPSA) is 18.5 Å². The van der Waals surface area contributed by atoms with E-state index in [0.29, 0.717) is 6.61 Å². The third-order valence-electron chi connectivity index (χ3n) is 1.48. The van der Waals surface area contributed by atoms with Crippen molar-refractivity contribution in [3.8, 4) is 17.8 Å². The van der Waals surface area contributed by atoms with Crippen LogP contribution in [0.1, 0.15) is 12.5 Å². The van der Waals surface area contributed by atoms with Crippen molar-refractivity contribution < 1.29 is 9.47 Å². The molecule has 0 aliphatic carbocycles. The van der Waals surface area contributed by atoms with Crippen LogP contribution < -0.4 is 4.74 Å². The van der Waals surface area contributed by atoms with Gasteiger partial charge in [0, 0.05) is 5.56 Å². The van der Waals surface area contributed by atoms with E-state index in [9.17, 15) is 0 Å². The first-order chi connectivity index (χ1) is 6.36. The molecule has 0 spiro atoms. The number of rotatable bonds is 2. The molecule has 1 aromatic rings. The standard InChI is InChI=1S/C11H12O2/c1-3-13-8-7-10-5-4-6-11(9-10)12-2/h4-6,9H,3H2,1-2H3. The molecule has 0 aromatic heterocycles. The van der Waals surface area contributed by atoms with E-state index in [-0.39, 0.29) is 0 Å². The highest BCUT2D eigenvalue weighted by molar-refractivity contribution is 5.38. The van der Waals surface area contributed by atoms with E-state index >= 15 is 0 Å². The molecule has 1 rings (SSSR count). The fourth-order valence-corrected chi connectivity index (χ4v) is 0.868. The molecule has 2 nitrogen and oxygen atoms in total. The summed E-state index contributed by atoms with van der Waals surface area (Å²) in [5.74, 6) is 3.68. The Balaban J connectivity index is 2.73. The normalized spacial score (nSPS) is 8.46. The molecule has 0 radical (unpaired) electrons. The van der Waals surface area contributed by atoms with E-state index in [1.165, 1.54) is 0 Å². The fourth-order valence-electron chi connectivity index (χ4n) is 0.868. The van der Waals surface area contributed by atoms with E-state index in [1.54, 1.807) is 7.11 Å². The second-order valence-corrected chi connectivity index (χ2v) is 2.39. The van der Waals surface area contributed by atoms with Crippen molar-refractivity contribution in [1.29, 1.82) is 0 Å². The monoisotopic (exact) mass is 176 g/mol. The number of ether oxygens (including phenoxy) is 2.